The van der Waals surface area contributed by atoms with Crippen LogP contribution in [0.3, 0.4) is 0 Å². The number of nitrogens with zero attached hydrogens (tertiary/aromatic N) is 1. The third-order valence-corrected chi connectivity index (χ3v) is 6.14. The van der Waals surface area contributed by atoms with Gasteiger partial charge in [0.1, 0.15) is 0 Å². The van der Waals surface area contributed by atoms with Gasteiger partial charge in [-0.3, -0.25) is 4.79 Å². The van der Waals surface area contributed by atoms with Gasteiger partial charge in [0.25, 0.3) is 0 Å². The van der Waals surface area contributed by atoms with Crippen LogP contribution in [0.2, 0.25) is 0 Å². The van der Waals surface area contributed by atoms with Gasteiger partial charge in [0.2, 0.25) is 0 Å². The Hall–Kier alpha value is -1.34. The van der Waals surface area contributed by atoms with Crippen molar-refractivity contribution in [3.63, 3.8) is 0 Å². The molecule has 2 rings (SSSR count). The quantitative estimate of drug-likeness (QED) is 0.870. The van der Waals surface area contributed by atoms with Gasteiger partial charge < -0.3 is 15.3 Å². The van der Waals surface area contributed by atoms with Gasteiger partial charge >= 0.3 is 12.0 Å². The number of carboxylic acid groups (broad SMARTS) is 1. The number of hydrogen-bond acceptors (Lipinski definition) is 4. The van der Waals surface area contributed by atoms with E-state index in [2.05, 4.69) is 11.4 Å². The zero-order valence-corrected chi connectivity index (χ0v) is 13.4. The molecule has 21 heavy (non-hydrogen) atoms. The van der Waals surface area contributed by atoms with E-state index < -0.39 is 5.97 Å². The molecule has 1 fully saturated rings. The minimum absolute atomic E-state index is 0.0562. The smallest absolute Gasteiger partial charge is 0.321 e. The Kier molecular flexibility index (Phi) is 5.81. The monoisotopic (exact) mass is 326 g/mol. The fraction of sp³-hybridized carbons (Fsp3) is 0.429. The van der Waals surface area contributed by atoms with Crippen molar-refractivity contribution < 1.29 is 14.7 Å². The van der Waals surface area contributed by atoms with E-state index in [1.807, 2.05) is 41.7 Å². The number of carboxylic acids is 1. The van der Waals surface area contributed by atoms with Crippen LogP contribution in [0.25, 0.3) is 0 Å². The van der Waals surface area contributed by atoms with Crippen molar-refractivity contribution >= 4 is 41.2 Å². The van der Waals surface area contributed by atoms with Crippen molar-refractivity contribution in [2.45, 2.75) is 11.0 Å². The van der Waals surface area contributed by atoms with Gasteiger partial charge in [0.15, 0.2) is 0 Å². The van der Waals surface area contributed by atoms with E-state index in [9.17, 15) is 9.59 Å². The highest BCUT2D eigenvalue weighted by Gasteiger charge is 2.18. The molecule has 1 aliphatic heterocycles. The molecule has 114 valence electrons. The summed E-state index contributed by atoms with van der Waals surface area (Å²) in [5, 5.41) is 11.4. The van der Waals surface area contributed by atoms with E-state index in [1.54, 1.807) is 7.05 Å². The van der Waals surface area contributed by atoms with E-state index >= 15 is 0 Å². The Morgan fingerprint density at radius 2 is 2.10 bits per heavy atom. The van der Waals surface area contributed by atoms with Gasteiger partial charge in [-0.25, -0.2) is 4.79 Å². The number of amides is 2. The van der Waals surface area contributed by atoms with Crippen LogP contribution < -0.4 is 5.32 Å². The molecule has 0 aromatic heterocycles. The van der Waals surface area contributed by atoms with Crippen molar-refractivity contribution in [3.05, 3.63) is 29.8 Å². The Bertz CT molecular complexity index is 519. The summed E-state index contributed by atoms with van der Waals surface area (Å²) in [6.45, 7) is 0.190. The molecule has 0 radical (unpaired) electrons. The van der Waals surface area contributed by atoms with Crippen LogP contribution in [0.4, 0.5) is 10.5 Å². The number of thioether (sulfide) groups is 2. The van der Waals surface area contributed by atoms with Crippen molar-refractivity contribution in [1.29, 1.82) is 0 Å². The second kappa shape index (κ2) is 7.61. The maximum absolute atomic E-state index is 12.0. The Balaban J connectivity index is 1.94. The molecule has 1 aromatic rings. The maximum atomic E-state index is 12.0. The molecule has 0 atom stereocenters. The third-order valence-electron chi connectivity index (χ3n) is 3.04. The zero-order chi connectivity index (χ0) is 15.2. The molecule has 0 spiro atoms. The summed E-state index contributed by atoms with van der Waals surface area (Å²) in [5.74, 6) is 1.40. The number of urea groups is 1. The van der Waals surface area contributed by atoms with Crippen molar-refractivity contribution in [3.8, 4) is 0 Å². The van der Waals surface area contributed by atoms with E-state index in [-0.39, 0.29) is 19.0 Å². The highest BCUT2D eigenvalue weighted by Crippen LogP contribution is 2.45. The molecule has 1 heterocycles. The average molecular weight is 326 g/mol. The van der Waals surface area contributed by atoms with Crippen molar-refractivity contribution in [1.82, 2.24) is 4.90 Å². The number of aliphatic carboxylic acids is 1. The van der Waals surface area contributed by atoms with Crippen LogP contribution in [-0.4, -0.2) is 47.1 Å². The summed E-state index contributed by atoms with van der Waals surface area (Å²) < 4.78 is 0.437. The summed E-state index contributed by atoms with van der Waals surface area (Å²) in [7, 11) is 1.59. The molecule has 2 amide bonds. The normalized spacial score (nSPS) is 14.9. The first-order chi connectivity index (χ1) is 10.1. The summed E-state index contributed by atoms with van der Waals surface area (Å²) in [4.78, 5) is 23.9. The molecular formula is C14H18N2O3S2. The first-order valence-electron chi connectivity index (χ1n) is 6.63. The molecule has 7 heteroatoms. The molecular weight excluding hydrogens is 308 g/mol. The molecule has 1 aromatic carbocycles. The molecule has 1 saturated heterocycles. The van der Waals surface area contributed by atoms with E-state index in [4.69, 9.17) is 5.11 Å². The lowest BCUT2D eigenvalue weighted by molar-refractivity contribution is -0.137. The molecule has 0 unspecified atom stereocenters. The summed E-state index contributed by atoms with van der Waals surface area (Å²) in [6, 6.07) is 7.54. The number of hydrogen-bond donors (Lipinski definition) is 2. The van der Waals surface area contributed by atoms with Gasteiger partial charge in [-0.2, -0.15) is 0 Å². The SMILES string of the molecule is CN(CCC(=O)O)C(=O)Nc1cccc(C2SCCS2)c1. The third kappa shape index (κ3) is 4.86. The first kappa shape index (κ1) is 16.0. The molecule has 0 aliphatic carbocycles. The van der Waals surface area contributed by atoms with Crippen LogP contribution in [-0.2, 0) is 4.79 Å². The summed E-state index contributed by atoms with van der Waals surface area (Å²) >= 11 is 3.83. The van der Waals surface area contributed by atoms with Crippen LogP contribution in [0.5, 0.6) is 0 Å². The van der Waals surface area contributed by atoms with E-state index in [1.165, 1.54) is 10.5 Å². The standard InChI is InChI=1S/C14H18N2O3S2/c1-16(6-5-12(17)18)14(19)15-11-4-2-3-10(9-11)13-20-7-8-21-13/h2-4,9,13H,5-8H2,1H3,(H,15,19)(H,17,18). The average Bonchev–Trinajstić information content (AvgIpc) is 2.99. The van der Waals surface area contributed by atoms with Crippen LogP contribution in [0.15, 0.2) is 24.3 Å². The Labute approximate surface area is 132 Å². The van der Waals surface area contributed by atoms with Gasteiger partial charge in [-0.1, -0.05) is 12.1 Å². The lowest BCUT2D eigenvalue weighted by Gasteiger charge is -2.17. The highest BCUT2D eigenvalue weighted by atomic mass is 32.2. The number of carbonyl (C=O) groups excluding carboxylic acids is 1. The van der Waals surface area contributed by atoms with Gasteiger partial charge in [-0.05, 0) is 17.7 Å². The maximum Gasteiger partial charge on any atom is 0.321 e. The topological polar surface area (TPSA) is 69.6 Å². The number of rotatable bonds is 5. The van der Waals surface area contributed by atoms with Gasteiger partial charge in [-0.15, -0.1) is 23.5 Å². The molecule has 1 aliphatic rings. The minimum Gasteiger partial charge on any atom is -0.481 e. The van der Waals surface area contributed by atoms with Gasteiger partial charge in [0, 0.05) is 30.8 Å². The van der Waals surface area contributed by atoms with Crippen LogP contribution in [0.1, 0.15) is 16.6 Å². The fourth-order valence-corrected chi connectivity index (χ4v) is 4.74. The Morgan fingerprint density at radius 3 is 2.76 bits per heavy atom. The first-order valence-corrected chi connectivity index (χ1v) is 8.73. The van der Waals surface area contributed by atoms with Gasteiger partial charge in [0.05, 0.1) is 11.0 Å². The lowest BCUT2D eigenvalue weighted by Crippen LogP contribution is -2.33. The lowest BCUT2D eigenvalue weighted by atomic mass is 10.2. The van der Waals surface area contributed by atoms with Crippen LogP contribution in [0, 0.1) is 0 Å². The second-order valence-electron chi connectivity index (χ2n) is 4.69. The summed E-state index contributed by atoms with van der Waals surface area (Å²) in [6.07, 6.45) is -0.0562. The zero-order valence-electron chi connectivity index (χ0n) is 11.7. The predicted octanol–water partition coefficient (Wildman–Crippen LogP) is 3.10. The fourth-order valence-electron chi connectivity index (χ4n) is 1.90. The van der Waals surface area contributed by atoms with Crippen molar-refractivity contribution in [2.24, 2.45) is 0 Å². The largest absolute Gasteiger partial charge is 0.481 e. The number of anilines is 1. The predicted molar refractivity (Wildman–Crippen MR) is 88.0 cm³/mol. The molecule has 5 nitrogen and oxygen atoms in total. The number of nitrogens with one attached hydrogen (secondary N) is 1. The molecule has 0 bridgehead atoms. The Morgan fingerprint density at radius 1 is 1.38 bits per heavy atom. The highest BCUT2D eigenvalue weighted by molar-refractivity contribution is 8.19. The minimum atomic E-state index is -0.910. The number of benzene rings is 1. The molecule has 0 saturated carbocycles. The molecule has 2 N–H and O–H groups in total. The van der Waals surface area contributed by atoms with Crippen LogP contribution >= 0.6 is 23.5 Å². The van der Waals surface area contributed by atoms with E-state index in [0.29, 0.717) is 4.58 Å². The number of carbonyl (C=O) groups is 2. The second-order valence-corrected chi connectivity index (χ2v) is 7.42. The summed E-state index contributed by atoms with van der Waals surface area (Å²) in [5.41, 5.74) is 1.95. The van der Waals surface area contributed by atoms with E-state index in [0.717, 1.165) is 17.2 Å². The van der Waals surface area contributed by atoms with Crippen molar-refractivity contribution in [2.75, 3.05) is 30.4 Å².